The molecular formula is C17H18O8. The van der Waals surface area contributed by atoms with Crippen LogP contribution in [-0.2, 0) is 44.7 Å². The molecule has 2 fully saturated rings. The van der Waals surface area contributed by atoms with Crippen molar-refractivity contribution in [3.8, 4) is 0 Å². The van der Waals surface area contributed by atoms with Gasteiger partial charge in [-0.25, -0.2) is 4.79 Å². The summed E-state index contributed by atoms with van der Waals surface area (Å²) in [5, 5.41) is 0. The Balaban J connectivity index is 1.73. The third-order valence-electron chi connectivity index (χ3n) is 3.84. The van der Waals surface area contributed by atoms with Crippen molar-refractivity contribution in [1.29, 1.82) is 0 Å². The highest BCUT2D eigenvalue weighted by Gasteiger charge is 2.60. The average molecular weight is 350 g/mol. The SMILES string of the molecule is CC(=O)O[C@H]1[C@H](OCc2ccccc2)O[C@H]2[C@@H]1OC(=O)[C@H]2OC(C)=O. The maximum Gasteiger partial charge on any atom is 0.350 e. The molecule has 2 heterocycles. The third-order valence-corrected chi connectivity index (χ3v) is 3.84. The van der Waals surface area contributed by atoms with Crippen molar-refractivity contribution in [3.63, 3.8) is 0 Å². The van der Waals surface area contributed by atoms with Gasteiger partial charge in [-0.1, -0.05) is 30.3 Å². The second-order valence-electron chi connectivity index (χ2n) is 5.77. The topological polar surface area (TPSA) is 97.4 Å². The first kappa shape index (κ1) is 17.4. The molecule has 0 spiro atoms. The van der Waals surface area contributed by atoms with Crippen LogP contribution in [0.3, 0.4) is 0 Å². The van der Waals surface area contributed by atoms with E-state index in [0.29, 0.717) is 0 Å². The van der Waals surface area contributed by atoms with E-state index in [4.69, 9.17) is 23.7 Å². The molecular weight excluding hydrogens is 332 g/mol. The molecule has 0 amide bonds. The molecule has 1 aromatic carbocycles. The van der Waals surface area contributed by atoms with Gasteiger partial charge in [-0.15, -0.1) is 0 Å². The third kappa shape index (κ3) is 3.80. The van der Waals surface area contributed by atoms with Gasteiger partial charge in [0.2, 0.25) is 6.10 Å². The normalized spacial score (nSPS) is 30.5. The van der Waals surface area contributed by atoms with Gasteiger partial charge >= 0.3 is 17.9 Å². The number of benzene rings is 1. The molecule has 2 saturated heterocycles. The molecule has 0 aromatic heterocycles. The van der Waals surface area contributed by atoms with E-state index in [-0.39, 0.29) is 6.61 Å². The Labute approximate surface area is 143 Å². The van der Waals surface area contributed by atoms with Crippen molar-refractivity contribution < 1.29 is 38.1 Å². The molecule has 8 nitrogen and oxygen atoms in total. The molecule has 134 valence electrons. The van der Waals surface area contributed by atoms with Gasteiger partial charge in [0.25, 0.3) is 0 Å². The lowest BCUT2D eigenvalue weighted by Gasteiger charge is -2.21. The zero-order valence-electron chi connectivity index (χ0n) is 13.7. The van der Waals surface area contributed by atoms with Crippen LogP contribution >= 0.6 is 0 Å². The van der Waals surface area contributed by atoms with Crippen LogP contribution in [0.5, 0.6) is 0 Å². The lowest BCUT2D eigenvalue weighted by molar-refractivity contribution is -0.206. The van der Waals surface area contributed by atoms with E-state index in [9.17, 15) is 14.4 Å². The number of esters is 3. The van der Waals surface area contributed by atoms with Gasteiger partial charge in [-0.3, -0.25) is 9.59 Å². The Morgan fingerprint density at radius 2 is 1.72 bits per heavy atom. The summed E-state index contributed by atoms with van der Waals surface area (Å²) in [6.45, 7) is 2.64. The maximum atomic E-state index is 11.9. The molecule has 0 bridgehead atoms. The maximum absolute atomic E-state index is 11.9. The number of fused-ring (bicyclic) bond motifs is 1. The van der Waals surface area contributed by atoms with Crippen LogP contribution in [0.15, 0.2) is 30.3 Å². The van der Waals surface area contributed by atoms with Gasteiger partial charge in [0, 0.05) is 13.8 Å². The second-order valence-corrected chi connectivity index (χ2v) is 5.77. The van der Waals surface area contributed by atoms with Gasteiger partial charge in [0.05, 0.1) is 6.61 Å². The highest BCUT2D eigenvalue weighted by Crippen LogP contribution is 2.36. The molecule has 8 heteroatoms. The van der Waals surface area contributed by atoms with Gasteiger partial charge in [-0.2, -0.15) is 0 Å². The van der Waals surface area contributed by atoms with E-state index in [1.54, 1.807) is 0 Å². The fourth-order valence-corrected chi connectivity index (χ4v) is 2.86. The molecule has 0 aliphatic carbocycles. The van der Waals surface area contributed by atoms with E-state index in [1.807, 2.05) is 30.3 Å². The number of rotatable bonds is 5. The van der Waals surface area contributed by atoms with Crippen LogP contribution in [0.2, 0.25) is 0 Å². The van der Waals surface area contributed by atoms with Crippen molar-refractivity contribution >= 4 is 17.9 Å². The first-order chi connectivity index (χ1) is 12.0. The molecule has 0 unspecified atom stereocenters. The van der Waals surface area contributed by atoms with Gasteiger partial charge in [-0.05, 0) is 5.56 Å². The molecule has 25 heavy (non-hydrogen) atoms. The summed E-state index contributed by atoms with van der Waals surface area (Å²) in [7, 11) is 0. The summed E-state index contributed by atoms with van der Waals surface area (Å²) >= 11 is 0. The summed E-state index contributed by atoms with van der Waals surface area (Å²) in [6, 6.07) is 9.36. The minimum absolute atomic E-state index is 0.217. The van der Waals surface area contributed by atoms with Crippen LogP contribution in [0, 0.1) is 0 Å². The number of carbonyl (C=O) groups excluding carboxylic acids is 3. The van der Waals surface area contributed by atoms with Crippen molar-refractivity contribution in [2.45, 2.75) is 51.2 Å². The van der Waals surface area contributed by atoms with Gasteiger partial charge in [0.1, 0.15) is 6.10 Å². The monoisotopic (exact) mass is 350 g/mol. The molecule has 5 atom stereocenters. The Bertz CT molecular complexity index is 658. The number of carbonyl (C=O) groups is 3. The van der Waals surface area contributed by atoms with Gasteiger partial charge in [0.15, 0.2) is 18.5 Å². The lowest BCUT2D eigenvalue weighted by Crippen LogP contribution is -2.37. The predicted molar refractivity (Wildman–Crippen MR) is 80.9 cm³/mol. The highest BCUT2D eigenvalue weighted by atomic mass is 16.8. The van der Waals surface area contributed by atoms with E-state index in [1.165, 1.54) is 13.8 Å². The van der Waals surface area contributed by atoms with Crippen molar-refractivity contribution in [2.24, 2.45) is 0 Å². The Morgan fingerprint density at radius 3 is 2.36 bits per heavy atom. The van der Waals surface area contributed by atoms with Crippen LogP contribution < -0.4 is 0 Å². The summed E-state index contributed by atoms with van der Waals surface area (Å²) in [5.41, 5.74) is 0.901. The first-order valence-electron chi connectivity index (χ1n) is 7.81. The molecule has 0 radical (unpaired) electrons. The van der Waals surface area contributed by atoms with E-state index in [2.05, 4.69) is 0 Å². The lowest BCUT2D eigenvalue weighted by atomic mass is 10.1. The van der Waals surface area contributed by atoms with E-state index < -0.39 is 48.6 Å². The summed E-state index contributed by atoms with van der Waals surface area (Å²) in [4.78, 5) is 34.5. The molecule has 0 saturated carbocycles. The number of hydrogen-bond donors (Lipinski definition) is 0. The molecule has 0 N–H and O–H groups in total. The van der Waals surface area contributed by atoms with Crippen molar-refractivity contribution in [3.05, 3.63) is 35.9 Å². The average Bonchev–Trinajstić information content (AvgIpc) is 3.03. The highest BCUT2D eigenvalue weighted by molar-refractivity contribution is 5.81. The van der Waals surface area contributed by atoms with E-state index >= 15 is 0 Å². The minimum Gasteiger partial charge on any atom is -0.453 e. The van der Waals surface area contributed by atoms with Gasteiger partial charge < -0.3 is 23.7 Å². The number of hydrogen-bond acceptors (Lipinski definition) is 8. The Hall–Kier alpha value is -2.45. The van der Waals surface area contributed by atoms with Crippen LogP contribution in [0.25, 0.3) is 0 Å². The van der Waals surface area contributed by atoms with E-state index in [0.717, 1.165) is 5.56 Å². The second kappa shape index (κ2) is 7.20. The quantitative estimate of drug-likeness (QED) is 0.566. The Morgan fingerprint density at radius 1 is 1.04 bits per heavy atom. The minimum atomic E-state index is -1.20. The molecule has 1 aromatic rings. The first-order valence-corrected chi connectivity index (χ1v) is 7.81. The van der Waals surface area contributed by atoms with Crippen LogP contribution in [0.4, 0.5) is 0 Å². The molecule has 2 aliphatic heterocycles. The standard InChI is InChI=1S/C17H18O8/c1-9(18)22-14-12-13(24-16(14)20)15(23-10(2)19)17(25-12)21-8-11-6-4-3-5-7-11/h3-7,12-15,17H,8H2,1-2H3/t12-,13-,14-,15+,17+/m0/s1. The zero-order valence-corrected chi connectivity index (χ0v) is 13.7. The fraction of sp³-hybridized carbons (Fsp3) is 0.471. The summed E-state index contributed by atoms with van der Waals surface area (Å²) < 4.78 is 26.8. The van der Waals surface area contributed by atoms with Crippen molar-refractivity contribution in [2.75, 3.05) is 0 Å². The number of ether oxygens (including phenoxy) is 5. The predicted octanol–water partition coefficient (Wildman–Crippen LogP) is 0.717. The van der Waals surface area contributed by atoms with Crippen LogP contribution in [0.1, 0.15) is 19.4 Å². The van der Waals surface area contributed by atoms with Crippen LogP contribution in [-0.4, -0.2) is 48.6 Å². The zero-order chi connectivity index (χ0) is 18.0. The van der Waals surface area contributed by atoms with Crippen molar-refractivity contribution in [1.82, 2.24) is 0 Å². The summed E-state index contributed by atoms with van der Waals surface area (Å²) in [5.74, 6) is -1.93. The Kier molecular flexibility index (Phi) is 5.00. The molecule has 3 rings (SSSR count). The largest absolute Gasteiger partial charge is 0.453 e. The summed E-state index contributed by atoms with van der Waals surface area (Å²) in [6.07, 6.45) is -4.85. The molecule has 2 aliphatic rings. The fourth-order valence-electron chi connectivity index (χ4n) is 2.86. The smallest absolute Gasteiger partial charge is 0.350 e.